The van der Waals surface area contributed by atoms with E-state index >= 15 is 0 Å². The Balaban J connectivity index is 1.66. The summed E-state index contributed by atoms with van der Waals surface area (Å²) in [5, 5.41) is 6.16. The number of nitrogens with one attached hydrogen (secondary N) is 2. The summed E-state index contributed by atoms with van der Waals surface area (Å²) in [6.07, 6.45) is 1.44. The first kappa shape index (κ1) is 18.6. The number of anilines is 1. The fourth-order valence-electron chi connectivity index (χ4n) is 2.53. The number of benzene rings is 2. The van der Waals surface area contributed by atoms with Crippen LogP contribution in [0.3, 0.4) is 0 Å². The number of hydrogen-bond donors (Lipinski definition) is 2. The van der Waals surface area contributed by atoms with Gasteiger partial charge in [0.2, 0.25) is 0 Å². The van der Waals surface area contributed by atoms with Crippen LogP contribution in [0.5, 0.6) is 0 Å². The average Bonchev–Trinajstić information content (AvgIpc) is 2.68. The second-order valence-electron chi connectivity index (χ2n) is 6.06. The number of aromatic nitrogens is 1. The van der Waals surface area contributed by atoms with Crippen molar-refractivity contribution in [1.82, 2.24) is 10.3 Å². The zero-order valence-corrected chi connectivity index (χ0v) is 15.5. The maximum Gasteiger partial charge on any atom is 0.274 e. The molecule has 0 atom stereocenters. The Morgan fingerprint density at radius 1 is 1.00 bits per heavy atom. The molecule has 6 heteroatoms. The average molecular weight is 380 g/mol. The summed E-state index contributed by atoms with van der Waals surface area (Å²) in [6, 6.07) is 17.7. The summed E-state index contributed by atoms with van der Waals surface area (Å²) < 4.78 is 0. The summed E-state index contributed by atoms with van der Waals surface area (Å²) >= 11 is 5.83. The molecule has 0 bridgehead atoms. The monoisotopic (exact) mass is 379 g/mol. The first-order valence-corrected chi connectivity index (χ1v) is 8.76. The van der Waals surface area contributed by atoms with Gasteiger partial charge in [0.05, 0.1) is 0 Å². The lowest BCUT2D eigenvalue weighted by Gasteiger charge is -2.08. The molecule has 0 unspecified atom stereocenters. The number of hydrogen-bond acceptors (Lipinski definition) is 3. The molecule has 0 aliphatic carbocycles. The van der Waals surface area contributed by atoms with Crippen molar-refractivity contribution >= 4 is 29.1 Å². The second kappa shape index (κ2) is 8.47. The number of halogens is 1. The van der Waals surface area contributed by atoms with Crippen LogP contribution < -0.4 is 10.6 Å². The van der Waals surface area contributed by atoms with E-state index in [1.165, 1.54) is 12.3 Å². The number of amides is 2. The van der Waals surface area contributed by atoms with E-state index < -0.39 is 5.91 Å². The molecule has 2 amide bonds. The SMILES string of the molecule is Cc1cccc(CNC(=O)c2ccnc(C(=O)Nc3ccc(Cl)cc3)c2)c1. The molecule has 0 aliphatic heterocycles. The topological polar surface area (TPSA) is 71.1 Å². The van der Waals surface area contributed by atoms with Crippen LogP contribution in [0.4, 0.5) is 5.69 Å². The van der Waals surface area contributed by atoms with Gasteiger partial charge in [-0.3, -0.25) is 14.6 Å². The van der Waals surface area contributed by atoms with E-state index in [1.54, 1.807) is 30.3 Å². The highest BCUT2D eigenvalue weighted by atomic mass is 35.5. The van der Waals surface area contributed by atoms with Crippen LogP contribution in [0.15, 0.2) is 66.9 Å². The highest BCUT2D eigenvalue weighted by molar-refractivity contribution is 6.30. The van der Waals surface area contributed by atoms with E-state index in [4.69, 9.17) is 11.6 Å². The number of carbonyl (C=O) groups is 2. The molecule has 1 heterocycles. The molecule has 0 spiro atoms. The standard InChI is InChI=1S/C21H18ClN3O2/c1-14-3-2-4-15(11-14)13-24-20(26)16-9-10-23-19(12-16)21(27)25-18-7-5-17(22)6-8-18/h2-12H,13H2,1H3,(H,24,26)(H,25,27). The minimum absolute atomic E-state index is 0.160. The van der Waals surface area contributed by atoms with Crippen molar-refractivity contribution in [2.24, 2.45) is 0 Å². The maximum absolute atomic E-state index is 12.4. The lowest BCUT2D eigenvalue weighted by Crippen LogP contribution is -2.23. The molecule has 0 saturated carbocycles. The van der Waals surface area contributed by atoms with Crippen molar-refractivity contribution in [3.05, 3.63) is 94.3 Å². The summed E-state index contributed by atoms with van der Waals surface area (Å²) in [7, 11) is 0. The molecule has 5 nitrogen and oxygen atoms in total. The molecule has 27 heavy (non-hydrogen) atoms. The van der Waals surface area contributed by atoms with Crippen molar-refractivity contribution in [3.63, 3.8) is 0 Å². The van der Waals surface area contributed by atoms with Gasteiger partial charge in [-0.15, -0.1) is 0 Å². The normalized spacial score (nSPS) is 10.3. The largest absolute Gasteiger partial charge is 0.348 e. The molecule has 2 aromatic carbocycles. The molecule has 0 aliphatic rings. The van der Waals surface area contributed by atoms with Crippen molar-refractivity contribution < 1.29 is 9.59 Å². The van der Waals surface area contributed by atoms with Crippen molar-refractivity contribution in [2.75, 3.05) is 5.32 Å². The molecule has 1 aromatic heterocycles. The van der Waals surface area contributed by atoms with Gasteiger partial charge in [0.1, 0.15) is 5.69 Å². The van der Waals surface area contributed by atoms with Gasteiger partial charge in [0.15, 0.2) is 0 Å². The molecule has 3 rings (SSSR count). The van der Waals surface area contributed by atoms with Gasteiger partial charge >= 0.3 is 0 Å². The number of aryl methyl sites for hydroxylation is 1. The Kier molecular flexibility index (Phi) is 5.84. The number of rotatable bonds is 5. The van der Waals surface area contributed by atoms with E-state index in [0.717, 1.165) is 11.1 Å². The number of nitrogens with zero attached hydrogens (tertiary/aromatic N) is 1. The Bertz CT molecular complexity index is 971. The summed E-state index contributed by atoms with van der Waals surface area (Å²) in [4.78, 5) is 28.8. The van der Waals surface area contributed by atoms with Gasteiger partial charge in [0.25, 0.3) is 11.8 Å². The predicted octanol–water partition coefficient (Wildman–Crippen LogP) is 4.23. The van der Waals surface area contributed by atoms with Crippen LogP contribution in [0.1, 0.15) is 32.0 Å². The molecule has 0 fully saturated rings. The van der Waals surface area contributed by atoms with Crippen LogP contribution in [-0.4, -0.2) is 16.8 Å². The Labute approximate surface area is 162 Å². The van der Waals surface area contributed by atoms with Crippen LogP contribution in [0.2, 0.25) is 5.02 Å². The Hall–Kier alpha value is -3.18. The van der Waals surface area contributed by atoms with E-state index in [9.17, 15) is 9.59 Å². The molecular weight excluding hydrogens is 362 g/mol. The minimum atomic E-state index is -0.398. The maximum atomic E-state index is 12.4. The highest BCUT2D eigenvalue weighted by Gasteiger charge is 2.12. The van der Waals surface area contributed by atoms with Crippen molar-refractivity contribution in [2.45, 2.75) is 13.5 Å². The van der Waals surface area contributed by atoms with E-state index in [1.807, 2.05) is 31.2 Å². The van der Waals surface area contributed by atoms with Gasteiger partial charge < -0.3 is 10.6 Å². The van der Waals surface area contributed by atoms with E-state index in [-0.39, 0.29) is 11.6 Å². The van der Waals surface area contributed by atoms with Crippen LogP contribution in [0.25, 0.3) is 0 Å². The molecule has 3 aromatic rings. The zero-order valence-electron chi connectivity index (χ0n) is 14.7. The van der Waals surface area contributed by atoms with Crippen LogP contribution >= 0.6 is 11.6 Å². The first-order valence-electron chi connectivity index (χ1n) is 8.38. The lowest BCUT2D eigenvalue weighted by molar-refractivity contribution is 0.0950. The van der Waals surface area contributed by atoms with Crippen LogP contribution in [-0.2, 0) is 6.54 Å². The van der Waals surface area contributed by atoms with Gasteiger partial charge in [-0.05, 0) is 48.9 Å². The highest BCUT2D eigenvalue weighted by Crippen LogP contribution is 2.14. The number of pyridine rings is 1. The molecule has 2 N–H and O–H groups in total. The quantitative estimate of drug-likeness (QED) is 0.697. The summed E-state index contributed by atoms with van der Waals surface area (Å²) in [5.74, 6) is -0.662. The third-order valence-electron chi connectivity index (χ3n) is 3.89. The third-order valence-corrected chi connectivity index (χ3v) is 4.14. The minimum Gasteiger partial charge on any atom is -0.348 e. The van der Waals surface area contributed by atoms with E-state index in [0.29, 0.717) is 22.8 Å². The van der Waals surface area contributed by atoms with Crippen LogP contribution in [0, 0.1) is 6.92 Å². The fourth-order valence-corrected chi connectivity index (χ4v) is 2.66. The zero-order chi connectivity index (χ0) is 19.2. The molecule has 0 saturated heterocycles. The Morgan fingerprint density at radius 2 is 1.78 bits per heavy atom. The van der Waals surface area contributed by atoms with Gasteiger partial charge in [-0.2, -0.15) is 0 Å². The molecule has 0 radical (unpaired) electrons. The van der Waals surface area contributed by atoms with Gasteiger partial charge in [-0.1, -0.05) is 41.4 Å². The van der Waals surface area contributed by atoms with E-state index in [2.05, 4.69) is 15.6 Å². The van der Waals surface area contributed by atoms with Gasteiger partial charge in [0, 0.05) is 29.0 Å². The fraction of sp³-hybridized carbons (Fsp3) is 0.0952. The summed E-state index contributed by atoms with van der Waals surface area (Å²) in [6.45, 7) is 2.41. The number of carbonyl (C=O) groups excluding carboxylic acids is 2. The van der Waals surface area contributed by atoms with Crippen molar-refractivity contribution in [3.8, 4) is 0 Å². The molecular formula is C21H18ClN3O2. The Morgan fingerprint density at radius 3 is 2.52 bits per heavy atom. The van der Waals surface area contributed by atoms with Gasteiger partial charge in [-0.25, -0.2) is 0 Å². The summed E-state index contributed by atoms with van der Waals surface area (Å²) in [5.41, 5.74) is 3.28. The predicted molar refractivity (Wildman–Crippen MR) is 106 cm³/mol. The lowest BCUT2D eigenvalue weighted by atomic mass is 10.1. The second-order valence-corrected chi connectivity index (χ2v) is 6.50. The smallest absolute Gasteiger partial charge is 0.274 e. The first-order chi connectivity index (χ1) is 13.0. The van der Waals surface area contributed by atoms with Crippen molar-refractivity contribution in [1.29, 1.82) is 0 Å². The molecule has 136 valence electrons. The third kappa shape index (κ3) is 5.15.